The molecule has 0 radical (unpaired) electrons. The van der Waals surface area contributed by atoms with Crippen LogP contribution >= 0.6 is 0 Å². The second-order valence-corrected chi connectivity index (χ2v) is 5.97. The summed E-state index contributed by atoms with van der Waals surface area (Å²) in [7, 11) is -3.43. The van der Waals surface area contributed by atoms with E-state index in [0.29, 0.717) is 0 Å². The minimum atomic E-state index is -3.43. The Kier molecular flexibility index (Phi) is 5.64. The monoisotopic (exact) mass is 259 g/mol. The summed E-state index contributed by atoms with van der Waals surface area (Å²) in [5, 5.41) is 0.123. The molecule has 0 bridgehead atoms. The van der Waals surface area contributed by atoms with Gasteiger partial charge in [0.1, 0.15) is 0 Å². The van der Waals surface area contributed by atoms with Crippen LogP contribution in [0.4, 0.5) is 0 Å². The Morgan fingerprint density at radius 2 is 2.18 bits per heavy atom. The molecule has 1 heterocycles. The number of H-pyrrole nitrogens is 1. The average Bonchev–Trinajstić information content (AvgIpc) is 2.77. The van der Waals surface area contributed by atoms with E-state index in [4.69, 9.17) is 0 Å². The summed E-state index contributed by atoms with van der Waals surface area (Å²) in [5.74, 6) is 0. The van der Waals surface area contributed by atoms with E-state index in [2.05, 4.69) is 21.6 Å². The van der Waals surface area contributed by atoms with Gasteiger partial charge in [-0.15, -0.1) is 0 Å². The maximum Gasteiger partial charge on any atom is 0.257 e. The Hall–Kier alpha value is -0.880. The number of unbranched alkanes of at least 4 members (excludes halogenated alkanes) is 3. The third-order valence-electron chi connectivity index (χ3n) is 2.61. The number of sulfonamides is 1. The van der Waals surface area contributed by atoms with Crippen molar-refractivity contribution in [3.8, 4) is 0 Å². The highest BCUT2D eigenvalue weighted by atomic mass is 32.2. The summed E-state index contributed by atoms with van der Waals surface area (Å²) in [5.41, 5.74) is 0. The maximum absolute atomic E-state index is 11.8. The predicted molar refractivity (Wildman–Crippen MR) is 67.1 cm³/mol. The van der Waals surface area contributed by atoms with E-state index in [-0.39, 0.29) is 11.1 Å². The van der Waals surface area contributed by atoms with Crippen LogP contribution in [-0.2, 0) is 10.0 Å². The fourth-order valence-corrected chi connectivity index (χ4v) is 2.84. The van der Waals surface area contributed by atoms with E-state index in [1.165, 1.54) is 25.4 Å². The van der Waals surface area contributed by atoms with Crippen LogP contribution in [0.25, 0.3) is 0 Å². The molecule has 0 amide bonds. The molecule has 1 aromatic heterocycles. The van der Waals surface area contributed by atoms with Gasteiger partial charge in [0, 0.05) is 6.04 Å². The van der Waals surface area contributed by atoms with Crippen LogP contribution in [0.5, 0.6) is 0 Å². The second-order valence-electron chi connectivity index (χ2n) is 4.29. The minimum absolute atomic E-state index is 0.0415. The molecular formula is C11H21N3O2S. The standard InChI is InChI=1S/C11H21N3O2S/c1-3-4-5-6-7-10(2)14-17(15,16)11-8-12-9-13-11/h8-10,14H,3-7H2,1-2H3,(H,12,13). The Balaban J connectivity index is 2.38. The van der Waals surface area contributed by atoms with Crippen LogP contribution in [0.3, 0.4) is 0 Å². The van der Waals surface area contributed by atoms with Crippen LogP contribution < -0.4 is 4.72 Å². The van der Waals surface area contributed by atoms with Gasteiger partial charge in [-0.25, -0.2) is 18.1 Å². The van der Waals surface area contributed by atoms with E-state index < -0.39 is 10.0 Å². The van der Waals surface area contributed by atoms with Crippen molar-refractivity contribution in [1.29, 1.82) is 0 Å². The quantitative estimate of drug-likeness (QED) is 0.702. The topological polar surface area (TPSA) is 74.8 Å². The van der Waals surface area contributed by atoms with Crippen LogP contribution in [0.1, 0.15) is 46.0 Å². The minimum Gasteiger partial charge on any atom is -0.335 e. The van der Waals surface area contributed by atoms with Crippen LogP contribution in [0, 0.1) is 0 Å². The lowest BCUT2D eigenvalue weighted by Gasteiger charge is -2.12. The highest BCUT2D eigenvalue weighted by Crippen LogP contribution is 2.08. The Labute approximate surface area is 103 Å². The van der Waals surface area contributed by atoms with Gasteiger partial charge in [-0.1, -0.05) is 32.6 Å². The van der Waals surface area contributed by atoms with Crippen molar-refractivity contribution in [2.45, 2.75) is 57.0 Å². The summed E-state index contributed by atoms with van der Waals surface area (Å²) >= 11 is 0. The number of imidazole rings is 1. The molecule has 2 N–H and O–H groups in total. The van der Waals surface area contributed by atoms with Crippen molar-refractivity contribution >= 4 is 10.0 Å². The number of hydrogen-bond acceptors (Lipinski definition) is 3. The first-order chi connectivity index (χ1) is 8.06. The highest BCUT2D eigenvalue weighted by molar-refractivity contribution is 7.89. The molecule has 98 valence electrons. The lowest BCUT2D eigenvalue weighted by atomic mass is 10.1. The van der Waals surface area contributed by atoms with Crippen LogP contribution in [0.2, 0.25) is 0 Å². The van der Waals surface area contributed by atoms with Crippen LogP contribution in [-0.4, -0.2) is 24.4 Å². The molecule has 1 unspecified atom stereocenters. The van der Waals surface area contributed by atoms with Crippen molar-refractivity contribution in [1.82, 2.24) is 14.7 Å². The molecule has 6 heteroatoms. The maximum atomic E-state index is 11.8. The molecule has 0 spiro atoms. The molecule has 0 aromatic carbocycles. The van der Waals surface area contributed by atoms with E-state index in [1.807, 2.05) is 6.92 Å². The van der Waals surface area contributed by atoms with Gasteiger partial charge in [-0.2, -0.15) is 0 Å². The van der Waals surface area contributed by atoms with Gasteiger partial charge in [-0.05, 0) is 13.3 Å². The molecule has 1 aromatic rings. The zero-order valence-corrected chi connectivity index (χ0v) is 11.3. The molecule has 0 aliphatic rings. The summed E-state index contributed by atoms with van der Waals surface area (Å²) in [6.45, 7) is 4.05. The number of nitrogens with one attached hydrogen (secondary N) is 2. The molecule has 0 saturated carbocycles. The number of aromatic amines is 1. The molecular weight excluding hydrogens is 238 g/mol. The first kappa shape index (κ1) is 14.2. The average molecular weight is 259 g/mol. The highest BCUT2D eigenvalue weighted by Gasteiger charge is 2.17. The number of nitrogens with zero attached hydrogens (tertiary/aromatic N) is 1. The Bertz CT molecular complexity index is 400. The normalized spacial score (nSPS) is 13.8. The van der Waals surface area contributed by atoms with E-state index in [1.54, 1.807) is 0 Å². The predicted octanol–water partition coefficient (Wildman–Crippen LogP) is 2.05. The Morgan fingerprint density at radius 1 is 1.41 bits per heavy atom. The van der Waals surface area contributed by atoms with Gasteiger partial charge in [0.05, 0.1) is 12.5 Å². The van der Waals surface area contributed by atoms with Gasteiger partial charge >= 0.3 is 0 Å². The molecule has 1 atom stereocenters. The molecule has 5 nitrogen and oxygen atoms in total. The van der Waals surface area contributed by atoms with Gasteiger partial charge < -0.3 is 4.98 Å². The fourth-order valence-electron chi connectivity index (χ4n) is 1.65. The van der Waals surface area contributed by atoms with E-state index in [9.17, 15) is 8.42 Å². The van der Waals surface area contributed by atoms with Gasteiger partial charge in [0.25, 0.3) is 10.0 Å². The molecule has 0 aliphatic heterocycles. The second kappa shape index (κ2) is 6.76. The number of hydrogen-bond donors (Lipinski definition) is 2. The van der Waals surface area contributed by atoms with Crippen molar-refractivity contribution in [2.75, 3.05) is 0 Å². The van der Waals surface area contributed by atoms with Gasteiger partial charge in [0.15, 0.2) is 5.03 Å². The number of rotatable bonds is 8. The van der Waals surface area contributed by atoms with E-state index >= 15 is 0 Å². The SMILES string of the molecule is CCCCCCC(C)NS(=O)(=O)c1cnc[nH]1. The van der Waals surface area contributed by atoms with Crippen molar-refractivity contribution in [3.63, 3.8) is 0 Å². The molecule has 0 fully saturated rings. The lowest BCUT2D eigenvalue weighted by Crippen LogP contribution is -2.32. The van der Waals surface area contributed by atoms with Crippen molar-refractivity contribution < 1.29 is 8.42 Å². The van der Waals surface area contributed by atoms with Gasteiger partial charge in [0.2, 0.25) is 0 Å². The molecule has 17 heavy (non-hydrogen) atoms. The van der Waals surface area contributed by atoms with Crippen molar-refractivity contribution in [2.24, 2.45) is 0 Å². The third kappa shape index (κ3) is 4.87. The first-order valence-electron chi connectivity index (χ1n) is 6.07. The molecule has 1 rings (SSSR count). The van der Waals surface area contributed by atoms with Crippen molar-refractivity contribution in [3.05, 3.63) is 12.5 Å². The summed E-state index contributed by atoms with van der Waals surface area (Å²) in [4.78, 5) is 6.31. The Morgan fingerprint density at radius 3 is 2.76 bits per heavy atom. The summed E-state index contributed by atoms with van der Waals surface area (Å²) in [6.07, 6.45) is 8.15. The third-order valence-corrected chi connectivity index (χ3v) is 4.12. The van der Waals surface area contributed by atoms with Crippen LogP contribution in [0.15, 0.2) is 17.6 Å². The summed E-state index contributed by atoms with van der Waals surface area (Å²) in [6, 6.07) is -0.0415. The van der Waals surface area contributed by atoms with Gasteiger partial charge in [-0.3, -0.25) is 0 Å². The largest absolute Gasteiger partial charge is 0.335 e. The number of aromatic nitrogens is 2. The molecule has 0 aliphatic carbocycles. The summed E-state index contributed by atoms with van der Waals surface area (Å²) < 4.78 is 26.3. The fraction of sp³-hybridized carbons (Fsp3) is 0.727. The zero-order valence-electron chi connectivity index (χ0n) is 10.4. The molecule has 0 saturated heterocycles. The zero-order chi connectivity index (χ0) is 12.7. The first-order valence-corrected chi connectivity index (χ1v) is 7.55. The lowest BCUT2D eigenvalue weighted by molar-refractivity contribution is 0.520. The van der Waals surface area contributed by atoms with E-state index in [0.717, 1.165) is 19.3 Å². The smallest absolute Gasteiger partial charge is 0.257 e.